The summed E-state index contributed by atoms with van der Waals surface area (Å²) >= 11 is 0. The molecule has 6 N–H and O–H groups in total. The van der Waals surface area contributed by atoms with Crippen LogP contribution in [0.4, 0.5) is 0 Å². The number of allylic oxidation sites excluding steroid dienone is 1. The van der Waals surface area contributed by atoms with E-state index in [1.165, 1.54) is 16.3 Å². The van der Waals surface area contributed by atoms with Crippen LogP contribution in [0, 0.1) is 5.92 Å². The van der Waals surface area contributed by atoms with Crippen molar-refractivity contribution in [1.82, 2.24) is 10.6 Å². The van der Waals surface area contributed by atoms with Gasteiger partial charge in [-0.3, -0.25) is 14.4 Å². The van der Waals surface area contributed by atoms with Crippen molar-refractivity contribution in [1.29, 1.82) is 0 Å². The van der Waals surface area contributed by atoms with E-state index in [4.69, 9.17) is 11.5 Å². The standard InChI is InChI=1S/C27H36N4O3/c1-2-9-19(16-21-12-8-11-20-10-4-5-13-22(20)21)18-30-25(33)23(17-24(28)32)31-26(34)27(29)14-6-3-7-15-27/h2,4-5,8,10-13,19,23H,1,3,6-7,9,14-18,29H2,(H2,28,32)(H,30,33)(H,31,34)/t19-,23-/m0/s1. The van der Waals surface area contributed by atoms with E-state index in [1.54, 1.807) is 0 Å². The summed E-state index contributed by atoms with van der Waals surface area (Å²) in [6, 6.07) is 13.4. The van der Waals surface area contributed by atoms with Crippen LogP contribution in [0.25, 0.3) is 10.8 Å². The average Bonchev–Trinajstić information content (AvgIpc) is 2.82. The van der Waals surface area contributed by atoms with Crippen molar-refractivity contribution in [3.8, 4) is 0 Å². The zero-order chi connectivity index (χ0) is 24.6. The summed E-state index contributed by atoms with van der Waals surface area (Å²) in [5, 5.41) is 7.96. The van der Waals surface area contributed by atoms with Crippen LogP contribution < -0.4 is 22.1 Å². The first-order valence-electron chi connectivity index (χ1n) is 12.1. The topological polar surface area (TPSA) is 127 Å². The summed E-state index contributed by atoms with van der Waals surface area (Å²) in [7, 11) is 0. The molecule has 34 heavy (non-hydrogen) atoms. The van der Waals surface area contributed by atoms with E-state index in [2.05, 4.69) is 41.5 Å². The van der Waals surface area contributed by atoms with Gasteiger partial charge in [-0.05, 0) is 47.9 Å². The Morgan fingerprint density at radius 2 is 1.76 bits per heavy atom. The quantitative estimate of drug-likeness (QED) is 0.381. The number of amides is 3. The Hall–Kier alpha value is -3.19. The number of carbonyl (C=O) groups is 3. The number of hydrogen-bond donors (Lipinski definition) is 4. The normalized spacial score (nSPS) is 16.9. The van der Waals surface area contributed by atoms with Crippen molar-refractivity contribution >= 4 is 28.5 Å². The van der Waals surface area contributed by atoms with Crippen molar-refractivity contribution in [2.45, 2.75) is 62.9 Å². The van der Waals surface area contributed by atoms with Crippen LogP contribution in [0.5, 0.6) is 0 Å². The lowest BCUT2D eigenvalue weighted by Gasteiger charge is -2.33. The molecule has 1 aliphatic carbocycles. The molecule has 3 amide bonds. The molecular weight excluding hydrogens is 428 g/mol. The fourth-order valence-electron chi connectivity index (χ4n) is 4.75. The molecule has 2 aromatic carbocycles. The lowest BCUT2D eigenvalue weighted by atomic mass is 9.81. The summed E-state index contributed by atoms with van der Waals surface area (Å²) in [5.41, 5.74) is 11.9. The lowest BCUT2D eigenvalue weighted by Crippen LogP contribution is -2.60. The summed E-state index contributed by atoms with van der Waals surface area (Å²) in [6.07, 6.45) is 6.94. The Balaban J connectivity index is 1.66. The second kappa shape index (κ2) is 11.8. The first-order chi connectivity index (χ1) is 16.3. The predicted octanol–water partition coefficient (Wildman–Crippen LogP) is 2.71. The van der Waals surface area contributed by atoms with Gasteiger partial charge in [0.2, 0.25) is 17.7 Å². The van der Waals surface area contributed by atoms with Gasteiger partial charge in [0.05, 0.1) is 12.0 Å². The third-order valence-corrected chi connectivity index (χ3v) is 6.68. The second-order valence-corrected chi connectivity index (χ2v) is 9.39. The van der Waals surface area contributed by atoms with Gasteiger partial charge in [0, 0.05) is 6.54 Å². The van der Waals surface area contributed by atoms with Crippen LogP contribution in [-0.4, -0.2) is 35.8 Å². The van der Waals surface area contributed by atoms with Crippen molar-refractivity contribution in [3.05, 3.63) is 60.7 Å². The number of nitrogens with one attached hydrogen (secondary N) is 2. The van der Waals surface area contributed by atoms with Crippen LogP contribution in [0.3, 0.4) is 0 Å². The van der Waals surface area contributed by atoms with E-state index in [0.29, 0.717) is 25.8 Å². The molecule has 1 fully saturated rings. The molecule has 0 saturated heterocycles. The highest BCUT2D eigenvalue weighted by Crippen LogP contribution is 2.26. The van der Waals surface area contributed by atoms with Crippen LogP contribution in [0.1, 0.15) is 50.5 Å². The molecule has 7 heteroatoms. The molecule has 7 nitrogen and oxygen atoms in total. The molecule has 0 heterocycles. The Kier molecular flexibility index (Phi) is 8.82. The number of hydrogen-bond acceptors (Lipinski definition) is 4. The fourth-order valence-corrected chi connectivity index (χ4v) is 4.75. The SMILES string of the molecule is C=CC[C@H](CNC(=O)[C@H](CC(N)=O)NC(=O)C1(N)CCCCC1)Cc1cccc2ccccc12. The van der Waals surface area contributed by atoms with E-state index in [9.17, 15) is 14.4 Å². The number of nitrogens with two attached hydrogens (primary N) is 2. The lowest BCUT2D eigenvalue weighted by molar-refractivity contribution is -0.134. The van der Waals surface area contributed by atoms with Gasteiger partial charge in [-0.1, -0.05) is 67.8 Å². The number of fused-ring (bicyclic) bond motifs is 1. The van der Waals surface area contributed by atoms with E-state index >= 15 is 0 Å². The zero-order valence-electron chi connectivity index (χ0n) is 19.7. The summed E-state index contributed by atoms with van der Waals surface area (Å²) in [5.74, 6) is -1.38. The van der Waals surface area contributed by atoms with Gasteiger partial charge in [-0.15, -0.1) is 6.58 Å². The number of primary amides is 1. The average molecular weight is 465 g/mol. The second-order valence-electron chi connectivity index (χ2n) is 9.39. The van der Waals surface area contributed by atoms with Gasteiger partial charge in [0.1, 0.15) is 6.04 Å². The first kappa shape index (κ1) is 25.4. The largest absolute Gasteiger partial charge is 0.370 e. The van der Waals surface area contributed by atoms with E-state index < -0.39 is 29.3 Å². The Labute approximate surface area is 201 Å². The van der Waals surface area contributed by atoms with Crippen LogP contribution in [-0.2, 0) is 20.8 Å². The number of benzene rings is 2. The molecule has 0 radical (unpaired) electrons. The molecule has 3 rings (SSSR count). The van der Waals surface area contributed by atoms with Crippen LogP contribution >= 0.6 is 0 Å². The molecule has 0 unspecified atom stereocenters. The smallest absolute Gasteiger partial charge is 0.243 e. The minimum atomic E-state index is -1.05. The van der Waals surface area contributed by atoms with Crippen LogP contribution in [0.15, 0.2) is 55.1 Å². The molecular formula is C27H36N4O3. The maximum absolute atomic E-state index is 13.0. The molecule has 0 aliphatic heterocycles. The molecule has 182 valence electrons. The van der Waals surface area contributed by atoms with Gasteiger partial charge in [0.15, 0.2) is 0 Å². The van der Waals surface area contributed by atoms with Crippen molar-refractivity contribution < 1.29 is 14.4 Å². The fraction of sp³-hybridized carbons (Fsp3) is 0.444. The van der Waals surface area contributed by atoms with Gasteiger partial charge < -0.3 is 22.1 Å². The van der Waals surface area contributed by atoms with Gasteiger partial charge in [-0.25, -0.2) is 0 Å². The Morgan fingerprint density at radius 3 is 2.47 bits per heavy atom. The van der Waals surface area contributed by atoms with E-state index in [0.717, 1.165) is 25.7 Å². The molecule has 2 atom stereocenters. The number of rotatable bonds is 11. The molecule has 0 aromatic heterocycles. The highest BCUT2D eigenvalue weighted by molar-refractivity contribution is 5.94. The molecule has 1 aliphatic rings. The van der Waals surface area contributed by atoms with E-state index in [1.807, 2.05) is 24.3 Å². The molecule has 0 bridgehead atoms. The highest BCUT2D eigenvalue weighted by Gasteiger charge is 2.37. The van der Waals surface area contributed by atoms with E-state index in [-0.39, 0.29) is 12.3 Å². The monoisotopic (exact) mass is 464 g/mol. The Bertz CT molecular complexity index is 1020. The molecule has 0 spiro atoms. The van der Waals surface area contributed by atoms with Crippen molar-refractivity contribution in [2.75, 3.05) is 6.54 Å². The number of carbonyl (C=O) groups excluding carboxylic acids is 3. The third-order valence-electron chi connectivity index (χ3n) is 6.68. The van der Waals surface area contributed by atoms with Crippen LogP contribution in [0.2, 0.25) is 0 Å². The summed E-state index contributed by atoms with van der Waals surface area (Å²) in [6.45, 7) is 4.24. The minimum absolute atomic E-state index is 0.108. The van der Waals surface area contributed by atoms with Gasteiger partial charge in [-0.2, -0.15) is 0 Å². The van der Waals surface area contributed by atoms with Gasteiger partial charge in [0.25, 0.3) is 0 Å². The Morgan fingerprint density at radius 1 is 1.06 bits per heavy atom. The summed E-state index contributed by atoms with van der Waals surface area (Å²) < 4.78 is 0. The highest BCUT2D eigenvalue weighted by atomic mass is 16.2. The zero-order valence-corrected chi connectivity index (χ0v) is 19.7. The predicted molar refractivity (Wildman–Crippen MR) is 135 cm³/mol. The first-order valence-corrected chi connectivity index (χ1v) is 12.1. The molecule has 1 saturated carbocycles. The third kappa shape index (κ3) is 6.67. The maximum atomic E-state index is 13.0. The van der Waals surface area contributed by atoms with Crippen molar-refractivity contribution in [3.63, 3.8) is 0 Å². The minimum Gasteiger partial charge on any atom is -0.370 e. The van der Waals surface area contributed by atoms with Gasteiger partial charge >= 0.3 is 0 Å². The maximum Gasteiger partial charge on any atom is 0.243 e. The van der Waals surface area contributed by atoms with Crippen molar-refractivity contribution in [2.24, 2.45) is 17.4 Å². The summed E-state index contributed by atoms with van der Waals surface area (Å²) in [4.78, 5) is 37.4. The molecule has 2 aromatic rings.